The molecule has 0 saturated heterocycles. The van der Waals surface area contributed by atoms with Crippen LogP contribution in [0.1, 0.15) is 24.8 Å². The predicted octanol–water partition coefficient (Wildman–Crippen LogP) is 2.12. The van der Waals surface area contributed by atoms with Gasteiger partial charge in [-0.2, -0.15) is 0 Å². The van der Waals surface area contributed by atoms with Gasteiger partial charge in [0.2, 0.25) is 5.91 Å². The third-order valence-corrected chi connectivity index (χ3v) is 3.50. The minimum absolute atomic E-state index is 0.0506. The van der Waals surface area contributed by atoms with E-state index in [0.717, 1.165) is 19.3 Å². The summed E-state index contributed by atoms with van der Waals surface area (Å²) in [5, 5.41) is 12.1. The molecular weight excluding hydrogens is 245 g/mol. The Morgan fingerprint density at radius 3 is 3.05 bits per heavy atom. The van der Waals surface area contributed by atoms with Gasteiger partial charge in [-0.15, -0.1) is 0 Å². The van der Waals surface area contributed by atoms with Crippen LogP contribution in [-0.4, -0.2) is 23.7 Å². The molecule has 0 radical (unpaired) electrons. The highest BCUT2D eigenvalue weighted by Crippen LogP contribution is 2.24. The minimum atomic E-state index is -0.321. The van der Waals surface area contributed by atoms with E-state index < -0.39 is 0 Å². The lowest BCUT2D eigenvalue weighted by Gasteiger charge is -2.17. The van der Waals surface area contributed by atoms with Crippen LogP contribution in [-0.2, 0) is 4.79 Å². The largest absolute Gasteiger partial charge is 0.396 e. The Balaban J connectivity index is 1.90. The molecule has 1 fully saturated rings. The second kappa shape index (κ2) is 6.48. The van der Waals surface area contributed by atoms with Crippen LogP contribution in [0.3, 0.4) is 0 Å². The van der Waals surface area contributed by atoms with Crippen molar-refractivity contribution in [2.24, 2.45) is 5.92 Å². The molecule has 2 unspecified atom stereocenters. The molecule has 3 nitrogen and oxygen atoms in total. The smallest absolute Gasteiger partial charge is 0.244 e. The number of carbonyl (C=O) groups excluding carboxylic acids is 1. The van der Waals surface area contributed by atoms with Gasteiger partial charge in [-0.1, -0.05) is 18.6 Å². The number of carbonyl (C=O) groups is 1. The molecule has 1 aliphatic carbocycles. The van der Waals surface area contributed by atoms with Crippen molar-refractivity contribution in [3.05, 3.63) is 41.7 Å². The third-order valence-electron chi connectivity index (χ3n) is 3.50. The van der Waals surface area contributed by atoms with Crippen LogP contribution in [0.4, 0.5) is 4.39 Å². The van der Waals surface area contributed by atoms with Gasteiger partial charge in [-0.05, 0) is 36.6 Å². The van der Waals surface area contributed by atoms with Crippen molar-refractivity contribution < 1.29 is 14.3 Å². The summed E-state index contributed by atoms with van der Waals surface area (Å²) in [4.78, 5) is 11.7. The number of aliphatic hydroxyl groups excluding tert-OH is 1. The van der Waals surface area contributed by atoms with E-state index in [-0.39, 0.29) is 30.3 Å². The molecule has 1 aromatic rings. The van der Waals surface area contributed by atoms with Crippen LogP contribution < -0.4 is 5.32 Å². The Morgan fingerprint density at radius 2 is 2.32 bits per heavy atom. The Morgan fingerprint density at radius 1 is 1.47 bits per heavy atom. The second-order valence-electron chi connectivity index (χ2n) is 4.88. The first-order valence-corrected chi connectivity index (χ1v) is 6.54. The number of rotatable bonds is 4. The summed E-state index contributed by atoms with van der Waals surface area (Å²) < 4.78 is 13.0. The minimum Gasteiger partial charge on any atom is -0.396 e. The molecule has 0 spiro atoms. The van der Waals surface area contributed by atoms with Crippen molar-refractivity contribution in [2.75, 3.05) is 6.61 Å². The van der Waals surface area contributed by atoms with Gasteiger partial charge in [-0.3, -0.25) is 4.79 Å². The van der Waals surface area contributed by atoms with Crippen LogP contribution in [0, 0.1) is 11.7 Å². The number of aliphatic hydroxyl groups is 1. The molecule has 1 aliphatic rings. The normalized spacial score (nSPS) is 22.8. The average Bonchev–Trinajstić information content (AvgIpc) is 2.84. The summed E-state index contributed by atoms with van der Waals surface area (Å²) in [5.41, 5.74) is 0.653. The Labute approximate surface area is 112 Å². The zero-order chi connectivity index (χ0) is 13.7. The van der Waals surface area contributed by atoms with Gasteiger partial charge in [0.1, 0.15) is 5.82 Å². The molecule has 4 heteroatoms. The van der Waals surface area contributed by atoms with Crippen molar-refractivity contribution >= 4 is 12.0 Å². The van der Waals surface area contributed by atoms with E-state index in [4.69, 9.17) is 0 Å². The zero-order valence-electron chi connectivity index (χ0n) is 10.7. The fraction of sp³-hybridized carbons (Fsp3) is 0.400. The SMILES string of the molecule is O=C(/C=C/c1cccc(F)c1)NC1CCCC1CO. The van der Waals surface area contributed by atoms with Crippen LogP contribution >= 0.6 is 0 Å². The van der Waals surface area contributed by atoms with E-state index in [1.807, 2.05) is 0 Å². The summed E-state index contributed by atoms with van der Waals surface area (Å²) in [7, 11) is 0. The van der Waals surface area contributed by atoms with Crippen LogP contribution in [0.5, 0.6) is 0 Å². The number of halogens is 1. The average molecular weight is 263 g/mol. The van der Waals surface area contributed by atoms with Gasteiger partial charge >= 0.3 is 0 Å². The van der Waals surface area contributed by atoms with E-state index in [0.29, 0.717) is 5.56 Å². The molecule has 0 heterocycles. The molecule has 2 rings (SSSR count). The molecule has 0 aliphatic heterocycles. The van der Waals surface area contributed by atoms with Crippen LogP contribution in [0.15, 0.2) is 30.3 Å². The Hall–Kier alpha value is -1.68. The van der Waals surface area contributed by atoms with Crippen LogP contribution in [0.2, 0.25) is 0 Å². The maximum absolute atomic E-state index is 13.0. The zero-order valence-corrected chi connectivity index (χ0v) is 10.7. The number of hydrogen-bond donors (Lipinski definition) is 2. The van der Waals surface area contributed by atoms with E-state index >= 15 is 0 Å². The lowest BCUT2D eigenvalue weighted by atomic mass is 10.1. The topological polar surface area (TPSA) is 49.3 Å². The summed E-state index contributed by atoms with van der Waals surface area (Å²) in [6.45, 7) is 0.110. The van der Waals surface area contributed by atoms with Crippen molar-refractivity contribution in [3.63, 3.8) is 0 Å². The molecule has 1 amide bonds. The van der Waals surface area contributed by atoms with E-state index in [2.05, 4.69) is 5.32 Å². The summed E-state index contributed by atoms with van der Waals surface area (Å²) in [5.74, 6) is -0.361. The first kappa shape index (κ1) is 13.7. The van der Waals surface area contributed by atoms with Gasteiger partial charge < -0.3 is 10.4 Å². The van der Waals surface area contributed by atoms with Crippen molar-refractivity contribution in [3.8, 4) is 0 Å². The first-order valence-electron chi connectivity index (χ1n) is 6.54. The van der Waals surface area contributed by atoms with Crippen molar-refractivity contribution in [2.45, 2.75) is 25.3 Å². The molecule has 0 bridgehead atoms. The highest BCUT2D eigenvalue weighted by molar-refractivity contribution is 5.91. The molecule has 2 N–H and O–H groups in total. The lowest BCUT2D eigenvalue weighted by Crippen LogP contribution is -2.37. The van der Waals surface area contributed by atoms with E-state index in [9.17, 15) is 14.3 Å². The van der Waals surface area contributed by atoms with Gasteiger partial charge in [0, 0.05) is 24.6 Å². The number of amides is 1. The first-order chi connectivity index (χ1) is 9.19. The maximum Gasteiger partial charge on any atom is 0.244 e. The molecule has 1 aromatic carbocycles. The number of benzene rings is 1. The fourth-order valence-corrected chi connectivity index (χ4v) is 2.46. The summed E-state index contributed by atoms with van der Waals surface area (Å²) in [6.07, 6.45) is 5.88. The van der Waals surface area contributed by atoms with Gasteiger partial charge in [0.05, 0.1) is 0 Å². The second-order valence-corrected chi connectivity index (χ2v) is 4.88. The Bertz CT molecular complexity index is 473. The van der Waals surface area contributed by atoms with Crippen molar-refractivity contribution in [1.29, 1.82) is 0 Å². The molecule has 2 atom stereocenters. The molecule has 0 aromatic heterocycles. The maximum atomic E-state index is 13.0. The monoisotopic (exact) mass is 263 g/mol. The quantitative estimate of drug-likeness (QED) is 0.817. The van der Waals surface area contributed by atoms with E-state index in [1.54, 1.807) is 18.2 Å². The van der Waals surface area contributed by atoms with Gasteiger partial charge in [0.15, 0.2) is 0 Å². The number of hydrogen-bond acceptors (Lipinski definition) is 2. The summed E-state index contributed by atoms with van der Waals surface area (Å²) in [6, 6.07) is 6.12. The lowest BCUT2D eigenvalue weighted by molar-refractivity contribution is -0.117. The van der Waals surface area contributed by atoms with Gasteiger partial charge in [0.25, 0.3) is 0 Å². The van der Waals surface area contributed by atoms with Gasteiger partial charge in [-0.25, -0.2) is 4.39 Å². The number of nitrogens with one attached hydrogen (secondary N) is 1. The van der Waals surface area contributed by atoms with E-state index in [1.165, 1.54) is 18.2 Å². The fourth-order valence-electron chi connectivity index (χ4n) is 2.46. The van der Waals surface area contributed by atoms with Crippen LogP contribution in [0.25, 0.3) is 6.08 Å². The third kappa shape index (κ3) is 3.89. The standard InChI is InChI=1S/C15H18FNO2/c16-13-5-1-3-11(9-13)7-8-15(19)17-14-6-2-4-12(14)10-18/h1,3,5,7-9,12,14,18H,2,4,6,10H2,(H,17,19)/b8-7+. The molecule has 102 valence electrons. The molecule has 19 heavy (non-hydrogen) atoms. The Kier molecular flexibility index (Phi) is 4.68. The molecule has 1 saturated carbocycles. The summed E-state index contributed by atoms with van der Waals surface area (Å²) >= 11 is 0. The van der Waals surface area contributed by atoms with Crippen molar-refractivity contribution in [1.82, 2.24) is 5.32 Å². The highest BCUT2D eigenvalue weighted by atomic mass is 19.1. The predicted molar refractivity (Wildman–Crippen MR) is 71.8 cm³/mol. The highest BCUT2D eigenvalue weighted by Gasteiger charge is 2.27. The molecular formula is C15H18FNO2.